The molecule has 0 radical (unpaired) electrons. The number of allylic oxidation sites excluding steroid dienone is 10. The number of esters is 2. The highest BCUT2D eigenvalue weighted by Crippen LogP contribution is 2.13. The van der Waals surface area contributed by atoms with Gasteiger partial charge in [0.05, 0.1) is 34.4 Å². The van der Waals surface area contributed by atoms with E-state index in [1.54, 1.807) is 0 Å². The number of carboxylic acids is 1. The van der Waals surface area contributed by atoms with E-state index >= 15 is 0 Å². The number of rotatable bonds is 38. The molecule has 0 fully saturated rings. The van der Waals surface area contributed by atoms with E-state index in [0.717, 1.165) is 57.8 Å². The number of aliphatic carboxylic acids is 1. The highest BCUT2D eigenvalue weighted by molar-refractivity contribution is 5.72. The monoisotopic (exact) mass is 773 g/mol. The van der Waals surface area contributed by atoms with Crippen LogP contribution < -0.4 is 0 Å². The third-order valence-electron chi connectivity index (χ3n) is 9.40. The van der Waals surface area contributed by atoms with Crippen LogP contribution in [0.5, 0.6) is 0 Å². The summed E-state index contributed by atoms with van der Waals surface area (Å²) >= 11 is 0. The number of hydrogen-bond donors (Lipinski definition) is 1. The third-order valence-corrected chi connectivity index (χ3v) is 9.40. The fourth-order valence-corrected chi connectivity index (χ4v) is 6.03. The normalized spacial score (nSPS) is 13.5. The molecule has 0 heterocycles. The summed E-state index contributed by atoms with van der Waals surface area (Å²) in [7, 11) is 5.50. The van der Waals surface area contributed by atoms with Crippen molar-refractivity contribution in [3.8, 4) is 0 Å². The van der Waals surface area contributed by atoms with Crippen LogP contribution >= 0.6 is 0 Å². The van der Waals surface area contributed by atoms with Gasteiger partial charge in [-0.2, -0.15) is 0 Å². The van der Waals surface area contributed by atoms with Crippen LogP contribution in [0.1, 0.15) is 168 Å². The van der Waals surface area contributed by atoms with E-state index in [4.69, 9.17) is 14.2 Å². The van der Waals surface area contributed by atoms with Gasteiger partial charge in [0.15, 0.2) is 12.1 Å². The van der Waals surface area contributed by atoms with Gasteiger partial charge in [-0.25, -0.2) is 4.79 Å². The van der Waals surface area contributed by atoms with E-state index in [0.29, 0.717) is 19.3 Å². The smallest absolute Gasteiger partial charge is 0.362 e. The van der Waals surface area contributed by atoms with Crippen molar-refractivity contribution in [2.45, 2.75) is 180 Å². The van der Waals surface area contributed by atoms with Crippen molar-refractivity contribution in [2.24, 2.45) is 0 Å². The van der Waals surface area contributed by atoms with Crippen LogP contribution in [-0.4, -0.2) is 80.6 Å². The summed E-state index contributed by atoms with van der Waals surface area (Å²) in [6, 6.07) is -0.625. The minimum atomic E-state index is -0.885. The fourth-order valence-electron chi connectivity index (χ4n) is 6.03. The van der Waals surface area contributed by atoms with E-state index in [-0.39, 0.29) is 42.7 Å². The molecule has 0 aliphatic carbocycles. The summed E-state index contributed by atoms with van der Waals surface area (Å²) < 4.78 is 17.2. The number of unbranched alkanes of at least 4 members (excludes halogenated alkanes) is 14. The standard InChI is InChI=1S/C47H81NO7/c1-6-8-10-12-14-16-18-20-22-23-24-26-27-29-31-33-35-37-45(49)54-42-43(41-53-40-39-44(47(51)52)48(3,4)5)55-46(50)38-36-34-32-30-28-25-21-19-17-15-13-11-9-7-2/h9,11,15,17,20,22,24,26,29,31,43-44H,6-8,10,12-14,16,18-19,21,23,25,27-28,30,32-42H2,1-5H3/p+1/b11-9+,17-15+,22-20+,26-24+,31-29+. The molecule has 0 aromatic heterocycles. The predicted molar refractivity (Wildman–Crippen MR) is 229 cm³/mol. The largest absolute Gasteiger partial charge is 0.477 e. The van der Waals surface area contributed by atoms with Gasteiger partial charge in [0.25, 0.3) is 0 Å². The summed E-state index contributed by atoms with van der Waals surface area (Å²) in [5, 5.41) is 9.61. The Kier molecular flexibility index (Phi) is 35.9. The highest BCUT2D eigenvalue weighted by atomic mass is 16.6. The summed E-state index contributed by atoms with van der Waals surface area (Å²) in [6.45, 7) is 4.55. The Hall–Kier alpha value is -2.97. The van der Waals surface area contributed by atoms with E-state index < -0.39 is 18.1 Å². The molecule has 0 bridgehead atoms. The van der Waals surface area contributed by atoms with Gasteiger partial charge in [-0.3, -0.25) is 9.59 Å². The zero-order chi connectivity index (χ0) is 40.7. The Morgan fingerprint density at radius 2 is 1.04 bits per heavy atom. The molecular formula is C47H82NO7+. The summed E-state index contributed by atoms with van der Waals surface area (Å²) in [6.07, 6.45) is 45.6. The Morgan fingerprint density at radius 3 is 1.56 bits per heavy atom. The Labute approximate surface area is 337 Å². The summed E-state index contributed by atoms with van der Waals surface area (Å²) in [5.74, 6) is -1.55. The van der Waals surface area contributed by atoms with Crippen LogP contribution in [0, 0.1) is 0 Å². The van der Waals surface area contributed by atoms with Crippen LogP contribution in [0.3, 0.4) is 0 Å². The first kappa shape index (κ1) is 52.0. The minimum absolute atomic E-state index is 0.0400. The zero-order valence-electron chi connectivity index (χ0n) is 35.9. The second kappa shape index (κ2) is 37.9. The quantitative estimate of drug-likeness (QED) is 0.0289. The molecule has 0 saturated heterocycles. The molecule has 0 aliphatic heterocycles. The molecule has 2 unspecified atom stereocenters. The second-order valence-corrected chi connectivity index (χ2v) is 15.6. The zero-order valence-corrected chi connectivity index (χ0v) is 35.9. The first-order chi connectivity index (χ1) is 26.6. The van der Waals surface area contributed by atoms with Crippen LogP contribution in [0.2, 0.25) is 0 Å². The SMILES string of the molecule is CC/C=C/C/C=C/CCCCCCCCCC(=O)OC(COCCC(C(=O)O)[N+](C)(C)C)COC(=O)CCC/C=C/C/C=C/C/C=C/CCCCCCCC. The lowest BCUT2D eigenvalue weighted by atomic mass is 10.1. The second-order valence-electron chi connectivity index (χ2n) is 15.6. The number of carbonyl (C=O) groups excluding carboxylic acids is 2. The number of likely N-dealkylation sites (N-methyl/N-ethyl adjacent to an activating group) is 1. The minimum Gasteiger partial charge on any atom is -0.477 e. The number of quaternary nitrogens is 1. The number of carbonyl (C=O) groups is 3. The molecule has 8 nitrogen and oxygen atoms in total. The number of nitrogens with zero attached hydrogens (tertiary/aromatic N) is 1. The van der Waals surface area contributed by atoms with E-state index in [2.05, 4.69) is 74.6 Å². The Morgan fingerprint density at radius 1 is 0.564 bits per heavy atom. The van der Waals surface area contributed by atoms with Crippen molar-refractivity contribution < 1.29 is 38.2 Å². The molecule has 1 N–H and O–H groups in total. The van der Waals surface area contributed by atoms with Gasteiger partial charge in [0.2, 0.25) is 0 Å². The fraction of sp³-hybridized carbons (Fsp3) is 0.723. The molecule has 316 valence electrons. The lowest BCUT2D eigenvalue weighted by Gasteiger charge is -2.31. The molecule has 0 spiro atoms. The lowest BCUT2D eigenvalue weighted by Crippen LogP contribution is -2.50. The summed E-state index contributed by atoms with van der Waals surface area (Å²) in [5.41, 5.74) is 0. The van der Waals surface area contributed by atoms with Crippen molar-refractivity contribution >= 4 is 17.9 Å². The third kappa shape index (κ3) is 36.4. The first-order valence-electron chi connectivity index (χ1n) is 21.8. The molecule has 0 rings (SSSR count). The number of ether oxygens (including phenoxy) is 3. The maximum absolute atomic E-state index is 12.7. The molecular weight excluding hydrogens is 691 g/mol. The molecule has 55 heavy (non-hydrogen) atoms. The van der Waals surface area contributed by atoms with Gasteiger partial charge >= 0.3 is 17.9 Å². The van der Waals surface area contributed by atoms with Crippen molar-refractivity contribution in [1.82, 2.24) is 0 Å². The van der Waals surface area contributed by atoms with E-state index in [1.165, 1.54) is 70.6 Å². The van der Waals surface area contributed by atoms with E-state index in [1.807, 2.05) is 21.1 Å². The molecule has 2 atom stereocenters. The maximum Gasteiger partial charge on any atom is 0.362 e. The van der Waals surface area contributed by atoms with Crippen LogP contribution in [0.15, 0.2) is 60.8 Å². The van der Waals surface area contributed by atoms with Crippen LogP contribution in [-0.2, 0) is 28.6 Å². The molecule has 0 saturated carbocycles. The van der Waals surface area contributed by atoms with Gasteiger partial charge in [-0.1, -0.05) is 139 Å². The van der Waals surface area contributed by atoms with Crippen LogP contribution in [0.4, 0.5) is 0 Å². The average molecular weight is 773 g/mol. The first-order valence-corrected chi connectivity index (χ1v) is 21.8. The van der Waals surface area contributed by atoms with Crippen LogP contribution in [0.25, 0.3) is 0 Å². The lowest BCUT2D eigenvalue weighted by molar-refractivity contribution is -0.887. The van der Waals surface area contributed by atoms with Crippen molar-refractivity contribution in [3.05, 3.63) is 60.8 Å². The topological polar surface area (TPSA) is 99.1 Å². The highest BCUT2D eigenvalue weighted by Gasteiger charge is 2.31. The van der Waals surface area contributed by atoms with Gasteiger partial charge in [0.1, 0.15) is 6.61 Å². The number of hydrogen-bond acceptors (Lipinski definition) is 6. The molecule has 0 aliphatic rings. The van der Waals surface area contributed by atoms with Gasteiger partial charge < -0.3 is 23.8 Å². The van der Waals surface area contributed by atoms with Crippen molar-refractivity contribution in [3.63, 3.8) is 0 Å². The number of carboxylic acid groups (broad SMARTS) is 1. The molecule has 0 amide bonds. The van der Waals surface area contributed by atoms with Gasteiger partial charge in [0, 0.05) is 19.3 Å². The van der Waals surface area contributed by atoms with Crippen molar-refractivity contribution in [1.29, 1.82) is 0 Å². The molecule has 0 aromatic carbocycles. The van der Waals surface area contributed by atoms with Crippen molar-refractivity contribution in [2.75, 3.05) is 41.0 Å². The Balaban J connectivity index is 4.45. The maximum atomic E-state index is 12.7. The average Bonchev–Trinajstić information content (AvgIpc) is 3.14. The van der Waals surface area contributed by atoms with Gasteiger partial charge in [-0.15, -0.1) is 0 Å². The van der Waals surface area contributed by atoms with Gasteiger partial charge in [-0.05, 0) is 70.6 Å². The Bertz CT molecular complexity index is 1090. The molecule has 0 aromatic rings. The van der Waals surface area contributed by atoms with E-state index in [9.17, 15) is 19.5 Å². The summed E-state index contributed by atoms with van der Waals surface area (Å²) in [4.78, 5) is 36.9. The molecule has 8 heteroatoms. The predicted octanol–water partition coefficient (Wildman–Crippen LogP) is 11.8.